The molecule has 0 aromatic carbocycles. The minimum Gasteiger partial charge on any atom is -0.375 e. The summed E-state index contributed by atoms with van der Waals surface area (Å²) in [7, 11) is 0. The molecule has 0 saturated carbocycles. The van der Waals surface area contributed by atoms with Crippen molar-refractivity contribution in [1.29, 1.82) is 0 Å². The molecule has 0 saturated heterocycles. The zero-order valence-corrected chi connectivity index (χ0v) is 12.0. The van der Waals surface area contributed by atoms with Gasteiger partial charge in [0.25, 0.3) is 5.91 Å². The number of aromatic nitrogens is 1. The molecule has 2 aromatic heterocycles. The molecule has 0 fully saturated rings. The van der Waals surface area contributed by atoms with Crippen molar-refractivity contribution in [2.24, 2.45) is 5.84 Å². The van der Waals surface area contributed by atoms with Crippen LogP contribution in [0.3, 0.4) is 0 Å². The van der Waals surface area contributed by atoms with Crippen molar-refractivity contribution in [3.63, 3.8) is 0 Å². The molecular formula is C10H12N4OS3. The lowest BCUT2D eigenvalue weighted by molar-refractivity contribution is 0.0957. The molecule has 0 unspecified atom stereocenters. The Morgan fingerprint density at radius 1 is 1.50 bits per heavy atom. The summed E-state index contributed by atoms with van der Waals surface area (Å²) in [6, 6.07) is 3.71. The zero-order valence-electron chi connectivity index (χ0n) is 9.60. The Labute approximate surface area is 117 Å². The van der Waals surface area contributed by atoms with Crippen LogP contribution in [0.15, 0.2) is 16.3 Å². The predicted molar refractivity (Wildman–Crippen MR) is 76.8 cm³/mol. The first-order valence-electron chi connectivity index (χ1n) is 5.05. The first kappa shape index (κ1) is 13.3. The largest absolute Gasteiger partial charge is 0.375 e. The first-order chi connectivity index (χ1) is 8.60. The third-order valence-corrected chi connectivity index (χ3v) is 5.80. The molecular weight excluding hydrogens is 288 g/mol. The maximum Gasteiger partial charge on any atom is 0.275 e. The van der Waals surface area contributed by atoms with E-state index in [1.165, 1.54) is 22.7 Å². The van der Waals surface area contributed by atoms with E-state index in [0.717, 1.165) is 20.5 Å². The van der Waals surface area contributed by atoms with Gasteiger partial charge in [0.15, 0.2) is 5.13 Å². The van der Waals surface area contributed by atoms with Crippen molar-refractivity contribution in [2.75, 3.05) is 5.73 Å². The van der Waals surface area contributed by atoms with E-state index in [9.17, 15) is 4.79 Å². The SMILES string of the molecule is Cc1nc(N)sc1SCc1ccc(C(=O)NN)s1. The van der Waals surface area contributed by atoms with Gasteiger partial charge >= 0.3 is 0 Å². The summed E-state index contributed by atoms with van der Waals surface area (Å²) in [6.07, 6.45) is 0. The number of nitrogens with one attached hydrogen (secondary N) is 1. The van der Waals surface area contributed by atoms with Crippen molar-refractivity contribution in [3.8, 4) is 0 Å². The summed E-state index contributed by atoms with van der Waals surface area (Å²) in [5, 5.41) is 0.587. The van der Waals surface area contributed by atoms with Crippen molar-refractivity contribution < 1.29 is 4.79 Å². The first-order valence-corrected chi connectivity index (χ1v) is 7.67. The number of amides is 1. The standard InChI is InChI=1S/C10H12N4OS3/c1-5-9(18-10(11)13-5)16-4-6-2-3-7(17-6)8(15)14-12/h2-3H,4,12H2,1H3,(H2,11,13)(H,14,15). The zero-order chi connectivity index (χ0) is 13.1. The summed E-state index contributed by atoms with van der Waals surface area (Å²) in [5.74, 6) is 5.62. The van der Waals surface area contributed by atoms with E-state index in [1.54, 1.807) is 17.8 Å². The Bertz CT molecular complexity index is 563. The van der Waals surface area contributed by atoms with Crippen molar-refractivity contribution in [3.05, 3.63) is 27.6 Å². The minimum absolute atomic E-state index is 0.255. The second-order valence-electron chi connectivity index (χ2n) is 3.45. The van der Waals surface area contributed by atoms with Gasteiger partial charge in [0.1, 0.15) is 0 Å². The number of nitrogens with zero attached hydrogens (tertiary/aromatic N) is 1. The summed E-state index contributed by atoms with van der Waals surface area (Å²) < 4.78 is 1.12. The predicted octanol–water partition coefficient (Wildman–Crippen LogP) is 1.99. The number of carbonyl (C=O) groups excluding carboxylic acids is 1. The maximum absolute atomic E-state index is 11.3. The summed E-state index contributed by atoms with van der Waals surface area (Å²) in [4.78, 5) is 17.2. The lowest BCUT2D eigenvalue weighted by Gasteiger charge is -1.96. The van der Waals surface area contributed by atoms with Crippen LogP contribution in [0, 0.1) is 6.92 Å². The van der Waals surface area contributed by atoms with Crippen LogP contribution in [-0.4, -0.2) is 10.9 Å². The van der Waals surface area contributed by atoms with E-state index in [-0.39, 0.29) is 5.91 Å². The third-order valence-electron chi connectivity index (χ3n) is 2.13. The number of nitrogen functional groups attached to an aromatic ring is 2. The Morgan fingerprint density at radius 3 is 2.89 bits per heavy atom. The molecule has 18 heavy (non-hydrogen) atoms. The van der Waals surface area contributed by atoms with Gasteiger partial charge in [-0.05, 0) is 19.1 Å². The van der Waals surface area contributed by atoms with Gasteiger partial charge in [-0.25, -0.2) is 10.8 Å². The Kier molecular flexibility index (Phi) is 4.23. The fraction of sp³-hybridized carbons (Fsp3) is 0.200. The molecule has 2 heterocycles. The second-order valence-corrected chi connectivity index (χ2v) is 6.90. The van der Waals surface area contributed by atoms with Gasteiger partial charge in [-0.3, -0.25) is 10.2 Å². The van der Waals surface area contributed by atoms with Gasteiger partial charge in [0, 0.05) is 10.6 Å². The van der Waals surface area contributed by atoms with E-state index in [4.69, 9.17) is 11.6 Å². The minimum atomic E-state index is -0.255. The number of thiazole rings is 1. The lowest BCUT2D eigenvalue weighted by atomic mass is 10.4. The average Bonchev–Trinajstić information content (AvgIpc) is 2.92. The number of hydrogen-bond donors (Lipinski definition) is 3. The van der Waals surface area contributed by atoms with Crippen LogP contribution in [0.5, 0.6) is 0 Å². The summed E-state index contributed by atoms with van der Waals surface area (Å²) in [6.45, 7) is 1.94. The Morgan fingerprint density at radius 2 is 2.28 bits per heavy atom. The van der Waals surface area contributed by atoms with Gasteiger partial charge < -0.3 is 5.73 Å². The fourth-order valence-electron chi connectivity index (χ4n) is 1.32. The molecule has 2 aromatic rings. The van der Waals surface area contributed by atoms with E-state index < -0.39 is 0 Å². The number of nitrogens with two attached hydrogens (primary N) is 2. The van der Waals surface area contributed by atoms with E-state index >= 15 is 0 Å². The number of thioether (sulfide) groups is 1. The number of thiophene rings is 1. The number of aryl methyl sites for hydroxylation is 1. The Hall–Kier alpha value is -1.09. The monoisotopic (exact) mass is 300 g/mol. The van der Waals surface area contributed by atoms with Gasteiger partial charge in [0.2, 0.25) is 0 Å². The molecule has 0 aliphatic rings. The summed E-state index contributed by atoms with van der Waals surface area (Å²) >= 11 is 4.60. The van der Waals surface area contributed by atoms with Gasteiger partial charge in [-0.15, -0.1) is 23.1 Å². The molecule has 0 radical (unpaired) electrons. The molecule has 0 aliphatic heterocycles. The molecule has 0 bridgehead atoms. The van der Waals surface area contributed by atoms with Gasteiger partial charge in [0.05, 0.1) is 14.8 Å². The molecule has 5 nitrogen and oxygen atoms in total. The summed E-state index contributed by atoms with van der Waals surface area (Å²) in [5.41, 5.74) is 8.72. The topological polar surface area (TPSA) is 94.0 Å². The number of rotatable bonds is 4. The van der Waals surface area contributed by atoms with Crippen LogP contribution in [0.2, 0.25) is 0 Å². The van der Waals surface area contributed by atoms with Crippen LogP contribution in [0.1, 0.15) is 20.2 Å². The number of hydrazine groups is 1. The van der Waals surface area contributed by atoms with Gasteiger partial charge in [-0.2, -0.15) is 0 Å². The van der Waals surface area contributed by atoms with E-state index in [2.05, 4.69) is 10.4 Å². The molecule has 0 atom stereocenters. The van der Waals surface area contributed by atoms with Crippen molar-refractivity contribution in [1.82, 2.24) is 10.4 Å². The Balaban J connectivity index is 2.00. The van der Waals surface area contributed by atoms with E-state index in [0.29, 0.717) is 10.0 Å². The quantitative estimate of drug-likeness (QED) is 0.347. The van der Waals surface area contributed by atoms with Crippen LogP contribution < -0.4 is 17.0 Å². The molecule has 2 rings (SSSR count). The number of hydrogen-bond acceptors (Lipinski definition) is 7. The number of anilines is 1. The van der Waals surface area contributed by atoms with Crippen LogP contribution >= 0.6 is 34.4 Å². The molecule has 0 spiro atoms. The maximum atomic E-state index is 11.3. The van der Waals surface area contributed by atoms with E-state index in [1.807, 2.05) is 13.0 Å². The molecule has 96 valence electrons. The third kappa shape index (κ3) is 3.02. The fourth-order valence-corrected chi connectivity index (χ4v) is 4.30. The highest BCUT2D eigenvalue weighted by atomic mass is 32.2. The van der Waals surface area contributed by atoms with Crippen LogP contribution in [0.25, 0.3) is 0 Å². The molecule has 5 N–H and O–H groups in total. The highest BCUT2D eigenvalue weighted by Gasteiger charge is 2.10. The average molecular weight is 300 g/mol. The second kappa shape index (κ2) is 5.70. The smallest absolute Gasteiger partial charge is 0.275 e. The van der Waals surface area contributed by atoms with Crippen molar-refractivity contribution in [2.45, 2.75) is 16.9 Å². The van der Waals surface area contributed by atoms with Crippen LogP contribution in [-0.2, 0) is 5.75 Å². The molecule has 0 aliphatic carbocycles. The van der Waals surface area contributed by atoms with Crippen LogP contribution in [0.4, 0.5) is 5.13 Å². The lowest BCUT2D eigenvalue weighted by Crippen LogP contribution is -2.29. The van der Waals surface area contributed by atoms with Crippen molar-refractivity contribution >= 4 is 45.5 Å². The highest BCUT2D eigenvalue weighted by Crippen LogP contribution is 2.34. The normalized spacial score (nSPS) is 10.6. The number of carbonyl (C=O) groups is 1. The highest BCUT2D eigenvalue weighted by molar-refractivity contribution is 8.00. The van der Waals surface area contributed by atoms with Gasteiger partial charge in [-0.1, -0.05) is 11.3 Å². The molecule has 8 heteroatoms. The molecule has 1 amide bonds.